The fraction of sp³-hybridized carbons (Fsp3) is 0.857. The van der Waals surface area contributed by atoms with Crippen LogP contribution < -0.4 is 11.1 Å². The van der Waals surface area contributed by atoms with Crippen LogP contribution in [0.15, 0.2) is 0 Å². The normalized spacial score (nSPS) is 12.6. The van der Waals surface area contributed by atoms with Crippen molar-refractivity contribution in [1.82, 2.24) is 5.32 Å². The van der Waals surface area contributed by atoms with E-state index in [4.69, 9.17) is 5.73 Å². The van der Waals surface area contributed by atoms with Gasteiger partial charge in [0.2, 0.25) is 5.91 Å². The van der Waals surface area contributed by atoms with E-state index in [1.807, 2.05) is 13.2 Å². The van der Waals surface area contributed by atoms with E-state index >= 15 is 0 Å². The Kier molecular flexibility index (Phi) is 6.36. The third-order valence-corrected chi connectivity index (χ3v) is 1.96. The predicted molar refractivity (Wildman–Crippen MR) is 49.7 cm³/mol. The van der Waals surface area contributed by atoms with Gasteiger partial charge in [0.1, 0.15) is 0 Å². The molecule has 0 saturated heterocycles. The Bertz CT molecular complexity index is 119. The van der Waals surface area contributed by atoms with Crippen LogP contribution in [-0.2, 0) is 4.79 Å². The Morgan fingerprint density at radius 2 is 2.36 bits per heavy atom. The second-order valence-electron chi connectivity index (χ2n) is 2.28. The van der Waals surface area contributed by atoms with Gasteiger partial charge in [0.25, 0.3) is 0 Å². The summed E-state index contributed by atoms with van der Waals surface area (Å²) in [7, 11) is 0. The average Bonchev–Trinajstić information content (AvgIpc) is 2.00. The average molecular weight is 176 g/mol. The molecule has 0 saturated carbocycles. The molecule has 3 N–H and O–H groups in total. The number of hydrogen-bond donors (Lipinski definition) is 2. The smallest absolute Gasteiger partial charge is 0.236 e. The standard InChI is InChI=1S/C7H16N2OS/c1-3-9-7(10)6(8)4-5-11-2/h6H,3-5,8H2,1-2H3,(H,9,10). The van der Waals surface area contributed by atoms with Gasteiger partial charge >= 0.3 is 0 Å². The van der Waals surface area contributed by atoms with Gasteiger partial charge in [-0.25, -0.2) is 0 Å². The lowest BCUT2D eigenvalue weighted by atomic mass is 10.2. The van der Waals surface area contributed by atoms with Crippen LogP contribution in [0.4, 0.5) is 0 Å². The highest BCUT2D eigenvalue weighted by atomic mass is 32.2. The van der Waals surface area contributed by atoms with Gasteiger partial charge in [-0.3, -0.25) is 4.79 Å². The maximum Gasteiger partial charge on any atom is 0.236 e. The molecule has 0 heterocycles. The third-order valence-electron chi connectivity index (χ3n) is 1.32. The number of thioether (sulfide) groups is 1. The van der Waals surface area contributed by atoms with E-state index in [9.17, 15) is 4.79 Å². The molecule has 1 amide bonds. The molecule has 1 atom stereocenters. The number of carbonyl (C=O) groups excluding carboxylic acids is 1. The highest BCUT2D eigenvalue weighted by molar-refractivity contribution is 7.98. The van der Waals surface area contributed by atoms with E-state index in [1.54, 1.807) is 11.8 Å². The van der Waals surface area contributed by atoms with Crippen LogP contribution in [0, 0.1) is 0 Å². The minimum Gasteiger partial charge on any atom is -0.355 e. The molecule has 0 rings (SSSR count). The summed E-state index contributed by atoms with van der Waals surface area (Å²) in [6.07, 6.45) is 2.76. The molecule has 0 spiro atoms. The molecule has 0 bridgehead atoms. The van der Waals surface area contributed by atoms with Crippen LogP contribution in [0.3, 0.4) is 0 Å². The number of carbonyl (C=O) groups is 1. The minimum atomic E-state index is -0.331. The summed E-state index contributed by atoms with van der Waals surface area (Å²) in [5.41, 5.74) is 5.56. The molecule has 1 unspecified atom stereocenters. The van der Waals surface area contributed by atoms with E-state index < -0.39 is 0 Å². The first kappa shape index (κ1) is 10.8. The zero-order chi connectivity index (χ0) is 8.69. The molecule has 0 aromatic heterocycles. The summed E-state index contributed by atoms with van der Waals surface area (Å²) in [4.78, 5) is 11.0. The van der Waals surface area contributed by atoms with Gasteiger partial charge in [-0.2, -0.15) is 11.8 Å². The van der Waals surface area contributed by atoms with Crippen LogP contribution in [0.2, 0.25) is 0 Å². The first-order valence-corrected chi connectivity index (χ1v) is 5.14. The van der Waals surface area contributed by atoms with Gasteiger partial charge < -0.3 is 11.1 Å². The Labute approximate surface area is 72.1 Å². The molecule has 0 radical (unpaired) electrons. The van der Waals surface area contributed by atoms with Crippen LogP contribution in [0.5, 0.6) is 0 Å². The van der Waals surface area contributed by atoms with Gasteiger partial charge in [-0.05, 0) is 25.4 Å². The summed E-state index contributed by atoms with van der Waals surface area (Å²) < 4.78 is 0. The first-order chi connectivity index (χ1) is 5.22. The second-order valence-corrected chi connectivity index (χ2v) is 3.27. The van der Waals surface area contributed by atoms with Crippen LogP contribution in [0.1, 0.15) is 13.3 Å². The SMILES string of the molecule is CCNC(=O)C(N)CCSC. The van der Waals surface area contributed by atoms with Crippen molar-refractivity contribution in [3.05, 3.63) is 0 Å². The van der Waals surface area contributed by atoms with Crippen molar-refractivity contribution in [2.24, 2.45) is 5.73 Å². The van der Waals surface area contributed by atoms with Gasteiger partial charge in [-0.1, -0.05) is 0 Å². The van der Waals surface area contributed by atoms with Crippen molar-refractivity contribution in [2.75, 3.05) is 18.6 Å². The maximum absolute atomic E-state index is 11.0. The van der Waals surface area contributed by atoms with Crippen LogP contribution >= 0.6 is 11.8 Å². The highest BCUT2D eigenvalue weighted by Gasteiger charge is 2.10. The summed E-state index contributed by atoms with van der Waals surface area (Å²) >= 11 is 1.71. The van der Waals surface area contributed by atoms with Gasteiger partial charge in [0, 0.05) is 6.54 Å². The zero-order valence-electron chi connectivity index (χ0n) is 7.09. The number of nitrogens with two attached hydrogens (primary N) is 1. The van der Waals surface area contributed by atoms with E-state index in [1.165, 1.54) is 0 Å². The lowest BCUT2D eigenvalue weighted by molar-refractivity contribution is -0.122. The second kappa shape index (κ2) is 6.49. The Morgan fingerprint density at radius 1 is 1.73 bits per heavy atom. The summed E-state index contributed by atoms with van der Waals surface area (Å²) in [5, 5.41) is 2.68. The third kappa shape index (κ3) is 5.09. The molecule has 0 aliphatic carbocycles. The van der Waals surface area contributed by atoms with E-state index in [0.717, 1.165) is 12.2 Å². The molecular formula is C7H16N2OS. The monoisotopic (exact) mass is 176 g/mol. The number of amides is 1. The van der Waals surface area contributed by atoms with E-state index in [2.05, 4.69) is 5.32 Å². The van der Waals surface area contributed by atoms with Gasteiger partial charge in [-0.15, -0.1) is 0 Å². The molecular weight excluding hydrogens is 160 g/mol. The van der Waals surface area contributed by atoms with Crippen LogP contribution in [-0.4, -0.2) is 30.5 Å². The molecule has 0 aromatic carbocycles. The molecule has 0 aliphatic heterocycles. The Balaban J connectivity index is 3.46. The number of hydrogen-bond acceptors (Lipinski definition) is 3. The number of nitrogens with one attached hydrogen (secondary N) is 1. The minimum absolute atomic E-state index is 0.0402. The fourth-order valence-electron chi connectivity index (χ4n) is 0.681. The molecule has 11 heavy (non-hydrogen) atoms. The molecule has 0 aromatic rings. The molecule has 4 heteroatoms. The molecule has 0 aliphatic rings. The summed E-state index contributed by atoms with van der Waals surface area (Å²) in [6.45, 7) is 2.55. The quantitative estimate of drug-likeness (QED) is 0.629. The van der Waals surface area contributed by atoms with E-state index in [-0.39, 0.29) is 11.9 Å². The number of rotatable bonds is 5. The summed E-state index contributed by atoms with van der Waals surface area (Å²) in [5.74, 6) is 0.903. The Hall–Kier alpha value is -0.220. The van der Waals surface area contributed by atoms with Gasteiger partial charge in [0.05, 0.1) is 6.04 Å². The van der Waals surface area contributed by atoms with Crippen molar-refractivity contribution in [3.63, 3.8) is 0 Å². The topological polar surface area (TPSA) is 55.1 Å². The van der Waals surface area contributed by atoms with Crippen molar-refractivity contribution in [1.29, 1.82) is 0 Å². The van der Waals surface area contributed by atoms with Gasteiger partial charge in [0.15, 0.2) is 0 Å². The maximum atomic E-state index is 11.0. The molecule has 66 valence electrons. The molecule has 0 fully saturated rings. The Morgan fingerprint density at radius 3 is 2.82 bits per heavy atom. The largest absolute Gasteiger partial charge is 0.355 e. The first-order valence-electron chi connectivity index (χ1n) is 3.74. The van der Waals surface area contributed by atoms with Crippen LogP contribution in [0.25, 0.3) is 0 Å². The van der Waals surface area contributed by atoms with Crippen molar-refractivity contribution in [2.45, 2.75) is 19.4 Å². The fourth-order valence-corrected chi connectivity index (χ4v) is 1.17. The van der Waals surface area contributed by atoms with Crippen molar-refractivity contribution in [3.8, 4) is 0 Å². The highest BCUT2D eigenvalue weighted by Crippen LogP contribution is 1.98. The van der Waals surface area contributed by atoms with E-state index in [0.29, 0.717) is 6.54 Å². The van der Waals surface area contributed by atoms with Crippen molar-refractivity contribution >= 4 is 17.7 Å². The number of likely N-dealkylation sites (N-methyl/N-ethyl adjacent to an activating group) is 1. The zero-order valence-corrected chi connectivity index (χ0v) is 7.91. The predicted octanol–water partition coefficient (Wildman–Crippen LogP) is 0.203. The summed E-state index contributed by atoms with van der Waals surface area (Å²) in [6, 6.07) is -0.331. The molecule has 3 nitrogen and oxygen atoms in total. The lowest BCUT2D eigenvalue weighted by Crippen LogP contribution is -2.40. The lowest BCUT2D eigenvalue weighted by Gasteiger charge is -2.09. The van der Waals surface area contributed by atoms with Crippen molar-refractivity contribution < 1.29 is 4.79 Å².